The van der Waals surface area contributed by atoms with Crippen LogP contribution in [0.3, 0.4) is 0 Å². The van der Waals surface area contributed by atoms with Crippen LogP contribution in [-0.4, -0.2) is 9.78 Å². The molecule has 0 N–H and O–H groups in total. The van der Waals surface area contributed by atoms with Gasteiger partial charge in [-0.05, 0) is 30.3 Å². The van der Waals surface area contributed by atoms with E-state index in [2.05, 4.69) is 5.10 Å². The minimum atomic E-state index is -0.262. The maximum Gasteiger partial charge on any atom is 0.279 e. The molecule has 0 aliphatic rings. The van der Waals surface area contributed by atoms with Crippen molar-refractivity contribution in [2.24, 2.45) is 0 Å². The summed E-state index contributed by atoms with van der Waals surface area (Å²) in [4.78, 5) is 13.0. The zero-order valence-electron chi connectivity index (χ0n) is 13.3. The summed E-state index contributed by atoms with van der Waals surface area (Å²) in [5.74, 6) is 0. The molecular formula is C20H11Cl3N2O. The fraction of sp³-hybridized carbons (Fsp3) is 0. The number of nitrogens with zero attached hydrogens (tertiary/aromatic N) is 2. The molecule has 4 aromatic rings. The Morgan fingerprint density at radius 3 is 2.19 bits per heavy atom. The molecule has 3 aromatic carbocycles. The predicted octanol–water partition coefficient (Wildman–Crippen LogP) is 6.01. The highest BCUT2D eigenvalue weighted by molar-refractivity contribution is 6.43. The summed E-state index contributed by atoms with van der Waals surface area (Å²) < 4.78 is 1.29. The van der Waals surface area contributed by atoms with Gasteiger partial charge in [-0.2, -0.15) is 9.78 Å². The quantitative estimate of drug-likeness (QED) is 0.412. The summed E-state index contributed by atoms with van der Waals surface area (Å²) >= 11 is 18.4. The first-order valence-corrected chi connectivity index (χ1v) is 8.92. The van der Waals surface area contributed by atoms with Gasteiger partial charge < -0.3 is 0 Å². The summed E-state index contributed by atoms with van der Waals surface area (Å²) in [5, 5.41) is 7.16. The SMILES string of the molecule is O=c1c2ccccc2c(-c2ccc(Cl)cc2)nn1-c1cccc(Cl)c1Cl. The zero-order chi connectivity index (χ0) is 18.3. The zero-order valence-corrected chi connectivity index (χ0v) is 15.6. The maximum atomic E-state index is 13.0. The first-order valence-electron chi connectivity index (χ1n) is 7.78. The van der Waals surface area contributed by atoms with Gasteiger partial charge in [-0.25, -0.2) is 0 Å². The van der Waals surface area contributed by atoms with Crippen LogP contribution in [0.4, 0.5) is 0 Å². The van der Waals surface area contributed by atoms with Gasteiger partial charge >= 0.3 is 0 Å². The third-order valence-electron chi connectivity index (χ3n) is 4.08. The molecule has 26 heavy (non-hydrogen) atoms. The van der Waals surface area contributed by atoms with Crippen molar-refractivity contribution in [1.29, 1.82) is 0 Å². The molecule has 0 aliphatic carbocycles. The van der Waals surface area contributed by atoms with Gasteiger partial charge in [-0.1, -0.05) is 71.2 Å². The van der Waals surface area contributed by atoms with Gasteiger partial charge in [0.25, 0.3) is 5.56 Å². The normalized spacial score (nSPS) is 11.0. The van der Waals surface area contributed by atoms with Gasteiger partial charge in [0.2, 0.25) is 0 Å². The van der Waals surface area contributed by atoms with Crippen molar-refractivity contribution in [3.05, 3.63) is 92.2 Å². The van der Waals surface area contributed by atoms with Crippen LogP contribution >= 0.6 is 34.8 Å². The van der Waals surface area contributed by atoms with Gasteiger partial charge in [0.1, 0.15) is 0 Å². The molecule has 0 saturated carbocycles. The molecule has 0 bridgehead atoms. The van der Waals surface area contributed by atoms with E-state index < -0.39 is 0 Å². The van der Waals surface area contributed by atoms with E-state index in [1.807, 2.05) is 30.3 Å². The van der Waals surface area contributed by atoms with Crippen LogP contribution in [0.25, 0.3) is 27.7 Å². The van der Waals surface area contributed by atoms with E-state index >= 15 is 0 Å². The van der Waals surface area contributed by atoms with E-state index in [-0.39, 0.29) is 10.6 Å². The van der Waals surface area contributed by atoms with Crippen LogP contribution in [0, 0.1) is 0 Å². The van der Waals surface area contributed by atoms with Crippen molar-refractivity contribution in [1.82, 2.24) is 9.78 Å². The average Bonchev–Trinajstić information content (AvgIpc) is 2.66. The van der Waals surface area contributed by atoms with Gasteiger partial charge in [0.15, 0.2) is 0 Å². The van der Waals surface area contributed by atoms with E-state index in [0.29, 0.717) is 26.8 Å². The van der Waals surface area contributed by atoms with Crippen LogP contribution < -0.4 is 5.56 Å². The lowest BCUT2D eigenvalue weighted by atomic mass is 10.1. The molecule has 0 unspecified atom stereocenters. The first kappa shape index (κ1) is 17.1. The third-order valence-corrected chi connectivity index (χ3v) is 5.14. The molecule has 0 atom stereocenters. The fourth-order valence-corrected chi connectivity index (χ4v) is 3.33. The number of benzene rings is 3. The van der Waals surface area contributed by atoms with E-state index in [1.54, 1.807) is 36.4 Å². The Labute approximate surface area is 164 Å². The largest absolute Gasteiger partial charge is 0.279 e. The minimum Gasteiger partial charge on any atom is -0.267 e. The lowest BCUT2D eigenvalue weighted by molar-refractivity contribution is 0.826. The summed E-state index contributed by atoms with van der Waals surface area (Å²) in [7, 11) is 0. The monoisotopic (exact) mass is 400 g/mol. The van der Waals surface area contributed by atoms with E-state index in [9.17, 15) is 4.79 Å². The van der Waals surface area contributed by atoms with Crippen LogP contribution in [0.1, 0.15) is 0 Å². The van der Waals surface area contributed by atoms with E-state index in [0.717, 1.165) is 10.9 Å². The lowest BCUT2D eigenvalue weighted by Crippen LogP contribution is -2.22. The number of hydrogen-bond acceptors (Lipinski definition) is 2. The molecule has 1 heterocycles. The van der Waals surface area contributed by atoms with Crippen LogP contribution in [-0.2, 0) is 0 Å². The van der Waals surface area contributed by atoms with Crippen molar-refractivity contribution in [2.75, 3.05) is 0 Å². The molecule has 0 amide bonds. The second-order valence-electron chi connectivity index (χ2n) is 5.69. The highest BCUT2D eigenvalue weighted by atomic mass is 35.5. The van der Waals surface area contributed by atoms with Gasteiger partial charge in [-0.3, -0.25) is 4.79 Å². The standard InChI is InChI=1S/C20H11Cl3N2O/c21-13-10-8-12(9-11-13)19-14-4-1-2-5-15(14)20(26)25(24-19)17-7-3-6-16(22)18(17)23/h1-11H. The third kappa shape index (κ3) is 2.88. The summed E-state index contributed by atoms with van der Waals surface area (Å²) in [6.07, 6.45) is 0. The van der Waals surface area contributed by atoms with E-state index in [1.165, 1.54) is 4.68 Å². The Morgan fingerprint density at radius 2 is 1.46 bits per heavy atom. The molecule has 4 rings (SSSR count). The highest BCUT2D eigenvalue weighted by Crippen LogP contribution is 2.30. The molecule has 0 fully saturated rings. The van der Waals surface area contributed by atoms with E-state index in [4.69, 9.17) is 34.8 Å². The predicted molar refractivity (Wildman–Crippen MR) is 108 cm³/mol. The number of rotatable bonds is 2. The minimum absolute atomic E-state index is 0.262. The number of hydrogen-bond donors (Lipinski definition) is 0. The second kappa shape index (κ2) is 6.76. The van der Waals surface area contributed by atoms with Crippen LogP contribution in [0.2, 0.25) is 15.1 Å². The summed E-state index contributed by atoms with van der Waals surface area (Å²) in [6, 6.07) is 19.8. The highest BCUT2D eigenvalue weighted by Gasteiger charge is 2.15. The Bertz CT molecular complexity index is 1180. The molecule has 0 spiro atoms. The van der Waals surface area contributed by atoms with Crippen molar-refractivity contribution < 1.29 is 0 Å². The Kier molecular flexibility index (Phi) is 4.45. The van der Waals surface area contributed by atoms with Crippen LogP contribution in [0.15, 0.2) is 71.5 Å². The second-order valence-corrected chi connectivity index (χ2v) is 6.91. The maximum absolute atomic E-state index is 13.0. The molecular weight excluding hydrogens is 391 g/mol. The van der Waals surface area contributed by atoms with Crippen LogP contribution in [0.5, 0.6) is 0 Å². The lowest BCUT2D eigenvalue weighted by Gasteiger charge is -2.13. The molecule has 0 radical (unpaired) electrons. The fourth-order valence-electron chi connectivity index (χ4n) is 2.83. The Balaban J connectivity index is 2.10. The van der Waals surface area contributed by atoms with Crippen molar-refractivity contribution in [2.45, 2.75) is 0 Å². The Hall–Kier alpha value is -2.33. The first-order chi connectivity index (χ1) is 12.6. The molecule has 128 valence electrons. The molecule has 1 aromatic heterocycles. The van der Waals surface area contributed by atoms with Crippen molar-refractivity contribution >= 4 is 45.6 Å². The average molecular weight is 402 g/mol. The molecule has 6 heteroatoms. The molecule has 3 nitrogen and oxygen atoms in total. The topological polar surface area (TPSA) is 34.9 Å². The summed E-state index contributed by atoms with van der Waals surface area (Å²) in [5.41, 5.74) is 1.68. The number of aromatic nitrogens is 2. The number of fused-ring (bicyclic) bond motifs is 1. The number of halogens is 3. The van der Waals surface area contributed by atoms with Gasteiger partial charge in [0.05, 0.1) is 26.8 Å². The van der Waals surface area contributed by atoms with Crippen molar-refractivity contribution in [3.8, 4) is 16.9 Å². The summed E-state index contributed by atoms with van der Waals surface area (Å²) in [6.45, 7) is 0. The molecule has 0 aliphatic heterocycles. The Morgan fingerprint density at radius 1 is 0.769 bits per heavy atom. The van der Waals surface area contributed by atoms with Crippen molar-refractivity contribution in [3.63, 3.8) is 0 Å². The molecule has 0 saturated heterocycles. The smallest absolute Gasteiger partial charge is 0.267 e. The van der Waals surface area contributed by atoms with Gasteiger partial charge in [0, 0.05) is 16.0 Å². The van der Waals surface area contributed by atoms with Gasteiger partial charge in [-0.15, -0.1) is 0 Å².